The maximum atomic E-state index is 14.4. The van der Waals surface area contributed by atoms with Crippen LogP contribution < -0.4 is 4.90 Å². The number of carbonyl (C=O) groups excluding carboxylic acids is 4. The Morgan fingerprint density at radius 3 is 2.24 bits per heavy atom. The first-order valence-electron chi connectivity index (χ1n) is 14.5. The fourth-order valence-electron chi connectivity index (χ4n) is 8.08. The van der Waals surface area contributed by atoms with E-state index >= 15 is 0 Å². The first-order valence-corrected chi connectivity index (χ1v) is 14.5. The number of hydrogen-bond donors (Lipinski definition) is 1. The third-order valence-electron chi connectivity index (χ3n) is 10.1. The summed E-state index contributed by atoms with van der Waals surface area (Å²) in [5.41, 5.74) is 2.32. The fraction of sp³-hybridized carbons (Fsp3) is 0.314. The SMILES string of the molecule is Cc1cccc([C@H]2C3=CC[C@@H]4C(=O)N(Cc5ccccc5)C(=O)[C@@H]4[C@@H]3C[C@H]3C(=O)N(c4ccccc4)C(=O)[C@@]23C)c1O. The summed E-state index contributed by atoms with van der Waals surface area (Å²) in [6, 6.07) is 23.8. The number of phenols is 1. The second-order valence-electron chi connectivity index (χ2n) is 12.3. The molecule has 2 saturated heterocycles. The van der Waals surface area contributed by atoms with E-state index < -0.39 is 35.0 Å². The standard InChI is InChI=1S/C35H32N2O5/c1-20-10-9-15-25(30(20)38)29-23-16-17-24-28(33(41)36(31(24)39)19-21-11-5-3-6-12-21)26(23)18-27-32(40)37(34(42)35(27,29)2)22-13-7-4-8-14-22/h3-16,24,26-29,38H,17-19H2,1-2H3/t24-,26+,27-,28-,29+,35+/m0/s1. The summed E-state index contributed by atoms with van der Waals surface area (Å²) in [6.07, 6.45) is 2.68. The molecule has 6 atom stereocenters. The van der Waals surface area contributed by atoms with Crippen LogP contribution in [0.1, 0.15) is 42.4 Å². The van der Waals surface area contributed by atoms with Crippen LogP contribution >= 0.6 is 0 Å². The highest BCUT2D eigenvalue weighted by Crippen LogP contribution is 2.64. The summed E-state index contributed by atoms with van der Waals surface area (Å²) in [4.78, 5) is 58.9. The number of hydrogen-bond acceptors (Lipinski definition) is 5. The molecule has 3 aromatic rings. The van der Waals surface area contributed by atoms with Crippen LogP contribution in [0.25, 0.3) is 0 Å². The van der Waals surface area contributed by atoms with E-state index in [1.54, 1.807) is 24.3 Å². The normalized spacial score (nSPS) is 30.2. The molecule has 1 saturated carbocycles. The van der Waals surface area contributed by atoms with Crippen LogP contribution in [0.2, 0.25) is 0 Å². The highest BCUT2D eigenvalue weighted by atomic mass is 16.3. The molecular weight excluding hydrogens is 528 g/mol. The van der Waals surface area contributed by atoms with Gasteiger partial charge in [0.1, 0.15) is 5.75 Å². The number of benzene rings is 3. The summed E-state index contributed by atoms with van der Waals surface area (Å²) in [5, 5.41) is 11.3. The molecule has 3 aromatic carbocycles. The number of para-hydroxylation sites is 2. The topological polar surface area (TPSA) is 95.0 Å². The van der Waals surface area contributed by atoms with Crippen LogP contribution in [-0.2, 0) is 25.7 Å². The summed E-state index contributed by atoms with van der Waals surface area (Å²) in [5.74, 6) is -3.82. The Morgan fingerprint density at radius 1 is 0.833 bits per heavy atom. The summed E-state index contributed by atoms with van der Waals surface area (Å²) < 4.78 is 0. The average Bonchev–Trinajstić information content (AvgIpc) is 3.35. The smallest absolute Gasteiger partial charge is 0.241 e. The minimum Gasteiger partial charge on any atom is -0.507 e. The number of anilines is 1. The van der Waals surface area contributed by atoms with Crippen molar-refractivity contribution in [3.05, 3.63) is 107 Å². The molecule has 0 spiro atoms. The van der Waals surface area contributed by atoms with Crippen LogP contribution in [0.15, 0.2) is 90.5 Å². The van der Waals surface area contributed by atoms with Gasteiger partial charge < -0.3 is 5.11 Å². The number of nitrogens with zero attached hydrogens (tertiary/aromatic N) is 2. The number of allylic oxidation sites excluding steroid dienone is 2. The molecule has 7 rings (SSSR count). The van der Waals surface area contributed by atoms with Gasteiger partial charge in [-0.05, 0) is 55.9 Å². The van der Waals surface area contributed by atoms with E-state index in [9.17, 15) is 24.3 Å². The lowest BCUT2D eigenvalue weighted by Gasteiger charge is -2.49. The number of rotatable bonds is 4. The van der Waals surface area contributed by atoms with Crippen molar-refractivity contribution < 1.29 is 24.3 Å². The monoisotopic (exact) mass is 560 g/mol. The van der Waals surface area contributed by atoms with Crippen LogP contribution in [0.5, 0.6) is 5.75 Å². The Bertz CT molecular complexity index is 1670. The second-order valence-corrected chi connectivity index (χ2v) is 12.3. The first-order chi connectivity index (χ1) is 20.2. The van der Waals surface area contributed by atoms with E-state index in [-0.39, 0.29) is 35.9 Å². The molecule has 42 heavy (non-hydrogen) atoms. The van der Waals surface area contributed by atoms with Crippen molar-refractivity contribution in [3.8, 4) is 5.75 Å². The number of fused-ring (bicyclic) bond motifs is 4. The fourth-order valence-corrected chi connectivity index (χ4v) is 8.08. The van der Waals surface area contributed by atoms with Crippen molar-refractivity contribution in [2.24, 2.45) is 29.1 Å². The van der Waals surface area contributed by atoms with Crippen molar-refractivity contribution in [3.63, 3.8) is 0 Å². The zero-order valence-corrected chi connectivity index (χ0v) is 23.6. The lowest BCUT2D eigenvalue weighted by Crippen LogP contribution is -2.48. The van der Waals surface area contributed by atoms with Crippen molar-refractivity contribution in [1.29, 1.82) is 0 Å². The van der Waals surface area contributed by atoms with Crippen molar-refractivity contribution in [2.45, 2.75) is 39.2 Å². The Balaban J connectivity index is 1.35. The van der Waals surface area contributed by atoms with Gasteiger partial charge in [-0.25, -0.2) is 4.90 Å². The highest BCUT2D eigenvalue weighted by molar-refractivity contribution is 6.24. The van der Waals surface area contributed by atoms with Crippen LogP contribution in [0.3, 0.4) is 0 Å². The van der Waals surface area contributed by atoms with Gasteiger partial charge in [0.05, 0.1) is 35.4 Å². The van der Waals surface area contributed by atoms with Gasteiger partial charge in [0.2, 0.25) is 23.6 Å². The number of aryl methyl sites for hydroxylation is 1. The molecular formula is C35H32N2O5. The first kappa shape index (κ1) is 26.4. The van der Waals surface area contributed by atoms with Gasteiger partial charge in [-0.2, -0.15) is 0 Å². The van der Waals surface area contributed by atoms with Gasteiger partial charge in [-0.1, -0.05) is 78.4 Å². The molecule has 212 valence electrons. The van der Waals surface area contributed by atoms with Crippen molar-refractivity contribution in [1.82, 2.24) is 4.90 Å². The number of phenolic OH excluding ortho intramolecular Hbond substituents is 1. The van der Waals surface area contributed by atoms with Gasteiger partial charge in [-0.15, -0.1) is 0 Å². The molecule has 4 aliphatic rings. The van der Waals surface area contributed by atoms with Gasteiger partial charge in [-0.3, -0.25) is 24.1 Å². The zero-order chi connectivity index (χ0) is 29.3. The maximum absolute atomic E-state index is 14.4. The number of imide groups is 2. The van der Waals surface area contributed by atoms with Gasteiger partial charge in [0.15, 0.2) is 0 Å². The average molecular weight is 561 g/mol. The van der Waals surface area contributed by atoms with E-state index in [0.717, 1.165) is 11.1 Å². The molecule has 2 aliphatic heterocycles. The lowest BCUT2D eigenvalue weighted by atomic mass is 9.51. The van der Waals surface area contributed by atoms with E-state index in [0.29, 0.717) is 29.7 Å². The van der Waals surface area contributed by atoms with Gasteiger partial charge >= 0.3 is 0 Å². The third-order valence-corrected chi connectivity index (χ3v) is 10.1. The summed E-state index contributed by atoms with van der Waals surface area (Å²) in [7, 11) is 0. The molecule has 7 nitrogen and oxygen atoms in total. The Labute approximate surface area is 244 Å². The molecule has 0 radical (unpaired) electrons. The maximum Gasteiger partial charge on any atom is 0.241 e. The summed E-state index contributed by atoms with van der Waals surface area (Å²) in [6.45, 7) is 3.85. The van der Waals surface area contributed by atoms with Crippen molar-refractivity contribution >= 4 is 29.3 Å². The predicted octanol–water partition coefficient (Wildman–Crippen LogP) is 5.13. The lowest BCUT2D eigenvalue weighted by molar-refractivity contribution is -0.141. The third kappa shape index (κ3) is 3.58. The second kappa shape index (κ2) is 9.51. The Hall–Kier alpha value is -4.52. The van der Waals surface area contributed by atoms with Crippen LogP contribution in [0, 0.1) is 36.0 Å². The molecule has 7 heteroatoms. The largest absolute Gasteiger partial charge is 0.507 e. The zero-order valence-electron chi connectivity index (χ0n) is 23.6. The van der Waals surface area contributed by atoms with Crippen LogP contribution in [-0.4, -0.2) is 33.6 Å². The van der Waals surface area contributed by atoms with Crippen LogP contribution in [0.4, 0.5) is 5.69 Å². The molecule has 4 amide bonds. The minimum absolute atomic E-state index is 0.0871. The van der Waals surface area contributed by atoms with E-state index in [4.69, 9.17) is 0 Å². The van der Waals surface area contributed by atoms with Gasteiger partial charge in [0.25, 0.3) is 0 Å². The quantitative estimate of drug-likeness (QED) is 0.353. The Morgan fingerprint density at radius 2 is 1.52 bits per heavy atom. The molecule has 0 unspecified atom stereocenters. The summed E-state index contributed by atoms with van der Waals surface area (Å²) >= 11 is 0. The minimum atomic E-state index is -1.18. The predicted molar refractivity (Wildman–Crippen MR) is 156 cm³/mol. The Kier molecular flexibility index (Phi) is 5.98. The molecule has 2 heterocycles. The highest BCUT2D eigenvalue weighted by Gasteiger charge is 2.67. The molecule has 0 aromatic heterocycles. The van der Waals surface area contributed by atoms with E-state index in [1.165, 1.54) is 9.80 Å². The van der Waals surface area contributed by atoms with Gasteiger partial charge in [0, 0.05) is 11.5 Å². The van der Waals surface area contributed by atoms with Crippen molar-refractivity contribution in [2.75, 3.05) is 4.90 Å². The van der Waals surface area contributed by atoms with E-state index in [1.807, 2.05) is 74.5 Å². The number of amides is 4. The molecule has 2 aliphatic carbocycles. The molecule has 3 fully saturated rings. The number of likely N-dealkylation sites (tertiary alicyclic amines) is 1. The molecule has 0 bridgehead atoms. The van der Waals surface area contributed by atoms with E-state index in [2.05, 4.69) is 0 Å². The molecule has 1 N–H and O–H groups in total. The number of carbonyl (C=O) groups is 4. The number of aromatic hydroxyl groups is 1.